The molecule has 0 aliphatic carbocycles. The number of ether oxygens (including phenoxy) is 1. The second-order valence-electron chi connectivity index (χ2n) is 7.33. The molecular weight excluding hydrogens is 422 g/mol. The molecule has 8 nitrogen and oxygen atoms in total. The van der Waals surface area contributed by atoms with Crippen LogP contribution >= 0.6 is 23.1 Å². The molecule has 1 aromatic carbocycles. The fraction of sp³-hybridized carbons (Fsp3) is 0.500. The highest BCUT2D eigenvalue weighted by atomic mass is 32.2. The van der Waals surface area contributed by atoms with E-state index in [1.165, 1.54) is 23.1 Å². The highest BCUT2D eigenvalue weighted by molar-refractivity contribution is 8.01. The van der Waals surface area contributed by atoms with Crippen molar-refractivity contribution in [3.8, 4) is 5.75 Å². The van der Waals surface area contributed by atoms with E-state index in [1.54, 1.807) is 0 Å². The lowest BCUT2D eigenvalue weighted by atomic mass is 10.2. The molecule has 0 atom stereocenters. The number of carbonyl (C=O) groups excluding carboxylic acids is 2. The number of piperazine rings is 1. The molecule has 1 aromatic heterocycles. The van der Waals surface area contributed by atoms with Gasteiger partial charge in [0.2, 0.25) is 11.0 Å². The van der Waals surface area contributed by atoms with Gasteiger partial charge in [-0.2, -0.15) is 0 Å². The molecule has 1 aliphatic rings. The van der Waals surface area contributed by atoms with E-state index in [0.29, 0.717) is 37.7 Å². The minimum absolute atomic E-state index is 0.00763. The molecule has 2 heterocycles. The Morgan fingerprint density at radius 2 is 2.00 bits per heavy atom. The molecule has 1 N–H and O–H groups in total. The van der Waals surface area contributed by atoms with Gasteiger partial charge in [-0.15, -0.1) is 10.2 Å². The number of hydrogen-bond acceptors (Lipinski definition) is 8. The summed E-state index contributed by atoms with van der Waals surface area (Å²) in [7, 11) is 0. The minimum atomic E-state index is -0.0131. The van der Waals surface area contributed by atoms with Crippen molar-refractivity contribution in [3.05, 3.63) is 29.8 Å². The fourth-order valence-corrected chi connectivity index (χ4v) is 4.67. The maximum atomic E-state index is 12.4. The lowest BCUT2D eigenvalue weighted by Gasteiger charge is -2.34. The Labute approximate surface area is 185 Å². The third kappa shape index (κ3) is 6.60. The Morgan fingerprint density at radius 3 is 2.70 bits per heavy atom. The molecule has 1 fully saturated rings. The number of nitrogens with one attached hydrogen (secondary N) is 1. The first-order valence-corrected chi connectivity index (χ1v) is 11.7. The van der Waals surface area contributed by atoms with E-state index in [2.05, 4.69) is 20.4 Å². The third-order valence-electron chi connectivity index (χ3n) is 4.43. The number of aromatic nitrogens is 2. The van der Waals surface area contributed by atoms with Crippen LogP contribution in [0.1, 0.15) is 19.4 Å². The van der Waals surface area contributed by atoms with Gasteiger partial charge in [0.05, 0.1) is 5.75 Å². The van der Waals surface area contributed by atoms with Crippen LogP contribution < -0.4 is 15.0 Å². The average molecular weight is 450 g/mol. The van der Waals surface area contributed by atoms with Crippen LogP contribution in [0.3, 0.4) is 0 Å². The van der Waals surface area contributed by atoms with E-state index in [1.807, 2.05) is 49.9 Å². The van der Waals surface area contributed by atoms with Crippen molar-refractivity contribution >= 4 is 40.0 Å². The zero-order valence-corrected chi connectivity index (χ0v) is 19.1. The number of rotatable bonds is 8. The molecule has 0 unspecified atom stereocenters. The summed E-state index contributed by atoms with van der Waals surface area (Å²) in [6, 6.07) is 7.81. The van der Waals surface area contributed by atoms with Crippen LogP contribution in [0.15, 0.2) is 28.6 Å². The highest BCUT2D eigenvalue weighted by Gasteiger charge is 2.24. The van der Waals surface area contributed by atoms with Gasteiger partial charge >= 0.3 is 0 Å². The van der Waals surface area contributed by atoms with Gasteiger partial charge in [0.15, 0.2) is 10.9 Å². The van der Waals surface area contributed by atoms with Crippen molar-refractivity contribution in [2.24, 2.45) is 0 Å². The smallest absolute Gasteiger partial charge is 0.260 e. The summed E-state index contributed by atoms with van der Waals surface area (Å²) in [6.07, 6.45) is 0. The van der Waals surface area contributed by atoms with Crippen LogP contribution in [0.2, 0.25) is 0 Å². The summed E-state index contributed by atoms with van der Waals surface area (Å²) >= 11 is 2.87. The maximum Gasteiger partial charge on any atom is 0.260 e. The zero-order chi connectivity index (χ0) is 21.5. The van der Waals surface area contributed by atoms with Gasteiger partial charge in [0.25, 0.3) is 5.91 Å². The van der Waals surface area contributed by atoms with E-state index in [0.717, 1.165) is 15.0 Å². The van der Waals surface area contributed by atoms with Gasteiger partial charge in [0, 0.05) is 32.2 Å². The van der Waals surface area contributed by atoms with Gasteiger partial charge in [0.1, 0.15) is 5.75 Å². The predicted molar refractivity (Wildman–Crippen MR) is 119 cm³/mol. The molecule has 162 valence electrons. The standard InChI is InChI=1S/C20H27N5O3S2/c1-14(2)21-17(26)13-29-20-23-22-19(30-20)25-9-7-24(8-10-25)18(27)12-28-16-6-4-5-15(3)11-16/h4-6,11,14H,7-10,12-13H2,1-3H3,(H,21,26). The first kappa shape index (κ1) is 22.4. The average Bonchev–Trinajstić information content (AvgIpc) is 3.19. The van der Waals surface area contributed by atoms with Crippen molar-refractivity contribution in [3.63, 3.8) is 0 Å². The van der Waals surface area contributed by atoms with Gasteiger partial charge < -0.3 is 19.9 Å². The van der Waals surface area contributed by atoms with Crippen LogP contribution in [0, 0.1) is 6.92 Å². The predicted octanol–water partition coefficient (Wildman–Crippen LogP) is 2.19. The number of carbonyl (C=O) groups is 2. The van der Waals surface area contributed by atoms with Gasteiger partial charge in [-0.05, 0) is 38.5 Å². The van der Waals surface area contributed by atoms with Crippen molar-refractivity contribution in [2.45, 2.75) is 31.2 Å². The Hall–Kier alpha value is -2.33. The molecule has 2 aromatic rings. The second kappa shape index (κ2) is 10.6. The number of aryl methyl sites for hydroxylation is 1. The molecule has 0 saturated carbocycles. The maximum absolute atomic E-state index is 12.4. The summed E-state index contributed by atoms with van der Waals surface area (Å²) in [4.78, 5) is 28.2. The molecule has 0 bridgehead atoms. The van der Waals surface area contributed by atoms with Crippen LogP contribution in [-0.4, -0.2) is 71.5 Å². The normalized spacial score (nSPS) is 14.1. The molecule has 3 rings (SSSR count). The molecule has 2 amide bonds. The lowest BCUT2D eigenvalue weighted by molar-refractivity contribution is -0.133. The van der Waals surface area contributed by atoms with Crippen molar-refractivity contribution in [1.82, 2.24) is 20.4 Å². The summed E-state index contributed by atoms with van der Waals surface area (Å²) in [5.41, 5.74) is 1.10. The molecule has 10 heteroatoms. The Kier molecular flexibility index (Phi) is 7.92. The summed E-state index contributed by atoms with van der Waals surface area (Å²) in [6.45, 7) is 8.54. The van der Waals surface area contributed by atoms with Crippen molar-refractivity contribution < 1.29 is 14.3 Å². The zero-order valence-electron chi connectivity index (χ0n) is 17.5. The van der Waals surface area contributed by atoms with E-state index >= 15 is 0 Å². The number of hydrogen-bond donors (Lipinski definition) is 1. The van der Waals surface area contributed by atoms with Crippen molar-refractivity contribution in [1.29, 1.82) is 0 Å². The van der Waals surface area contributed by atoms with E-state index in [9.17, 15) is 9.59 Å². The summed E-state index contributed by atoms with van der Waals surface area (Å²) in [5.74, 6) is 1.02. The summed E-state index contributed by atoms with van der Waals surface area (Å²) in [5, 5.41) is 12.1. The SMILES string of the molecule is Cc1cccc(OCC(=O)N2CCN(c3nnc(SCC(=O)NC(C)C)s3)CC2)c1. The van der Waals surface area contributed by atoms with E-state index in [4.69, 9.17) is 4.74 Å². The lowest BCUT2D eigenvalue weighted by Crippen LogP contribution is -2.50. The number of benzene rings is 1. The monoisotopic (exact) mass is 449 g/mol. The fourth-order valence-electron chi connectivity index (χ4n) is 2.97. The Balaban J connectivity index is 1.42. The first-order valence-electron chi connectivity index (χ1n) is 9.88. The van der Waals surface area contributed by atoms with Gasteiger partial charge in [-0.25, -0.2) is 0 Å². The second-order valence-corrected chi connectivity index (χ2v) is 9.51. The molecule has 0 radical (unpaired) electrons. The first-order chi connectivity index (χ1) is 14.4. The minimum Gasteiger partial charge on any atom is -0.484 e. The molecule has 30 heavy (non-hydrogen) atoms. The number of thioether (sulfide) groups is 1. The van der Waals surface area contributed by atoms with Crippen LogP contribution in [0.25, 0.3) is 0 Å². The third-order valence-corrected chi connectivity index (χ3v) is 6.54. The largest absolute Gasteiger partial charge is 0.484 e. The quantitative estimate of drug-likeness (QED) is 0.618. The van der Waals surface area contributed by atoms with Crippen LogP contribution in [-0.2, 0) is 9.59 Å². The summed E-state index contributed by atoms with van der Waals surface area (Å²) < 4.78 is 6.40. The van der Waals surface area contributed by atoms with E-state index in [-0.39, 0.29) is 24.5 Å². The molecule has 0 spiro atoms. The van der Waals surface area contributed by atoms with Gasteiger partial charge in [-0.1, -0.05) is 35.2 Å². The molecule has 1 saturated heterocycles. The van der Waals surface area contributed by atoms with Crippen LogP contribution in [0.5, 0.6) is 5.75 Å². The Bertz CT molecular complexity index is 866. The number of amides is 2. The Morgan fingerprint density at radius 1 is 1.23 bits per heavy atom. The van der Waals surface area contributed by atoms with E-state index < -0.39 is 0 Å². The van der Waals surface area contributed by atoms with Crippen LogP contribution in [0.4, 0.5) is 5.13 Å². The number of nitrogens with zero attached hydrogens (tertiary/aromatic N) is 4. The van der Waals surface area contributed by atoms with Crippen molar-refractivity contribution in [2.75, 3.05) is 43.4 Å². The molecule has 1 aliphatic heterocycles. The molecular formula is C20H27N5O3S2. The van der Waals surface area contributed by atoms with Gasteiger partial charge in [-0.3, -0.25) is 9.59 Å². The number of anilines is 1. The highest BCUT2D eigenvalue weighted by Crippen LogP contribution is 2.28. The topological polar surface area (TPSA) is 87.7 Å².